The van der Waals surface area contributed by atoms with Crippen LogP contribution in [0.2, 0.25) is 0 Å². The van der Waals surface area contributed by atoms with Crippen molar-refractivity contribution in [3.63, 3.8) is 0 Å². The number of ether oxygens (including phenoxy) is 1. The van der Waals surface area contributed by atoms with Gasteiger partial charge in [0.1, 0.15) is 11.5 Å². The van der Waals surface area contributed by atoms with Crippen molar-refractivity contribution in [2.75, 3.05) is 0 Å². The van der Waals surface area contributed by atoms with Crippen molar-refractivity contribution >= 4 is 5.97 Å². The summed E-state index contributed by atoms with van der Waals surface area (Å²) in [5, 5.41) is 20.1. The molecule has 38 heavy (non-hydrogen) atoms. The van der Waals surface area contributed by atoms with Crippen LogP contribution in [0.1, 0.15) is 60.7 Å². The molecule has 0 aliphatic rings. The molecule has 2 N–H and O–H groups in total. The van der Waals surface area contributed by atoms with E-state index >= 15 is 0 Å². The van der Waals surface area contributed by atoms with Crippen molar-refractivity contribution in [3.05, 3.63) is 82.4 Å². The first-order chi connectivity index (χ1) is 18.0. The Bertz CT molecular complexity index is 1340. The highest BCUT2D eigenvalue weighted by Crippen LogP contribution is 2.29. The second-order valence-corrected chi connectivity index (χ2v) is 9.54. The van der Waals surface area contributed by atoms with E-state index in [1.165, 1.54) is 0 Å². The summed E-state index contributed by atoms with van der Waals surface area (Å²) in [7, 11) is 0. The zero-order valence-corrected chi connectivity index (χ0v) is 23.1. The molecule has 0 amide bonds. The lowest BCUT2D eigenvalue weighted by atomic mass is 10.0. The van der Waals surface area contributed by atoms with Gasteiger partial charge in [0.05, 0.1) is 5.69 Å². The number of aromatic nitrogens is 3. The summed E-state index contributed by atoms with van der Waals surface area (Å²) in [6.45, 7) is 13.9. The van der Waals surface area contributed by atoms with Gasteiger partial charge in [-0.1, -0.05) is 37.3 Å². The molecule has 2 aromatic carbocycles. The van der Waals surface area contributed by atoms with Crippen LogP contribution in [0.3, 0.4) is 0 Å². The Balaban J connectivity index is 0.000000427. The van der Waals surface area contributed by atoms with Crippen molar-refractivity contribution in [2.24, 2.45) is 0 Å². The fourth-order valence-corrected chi connectivity index (χ4v) is 3.70. The number of oxazole rings is 1. The highest BCUT2D eigenvalue weighted by Gasteiger charge is 2.30. The highest BCUT2D eigenvalue weighted by molar-refractivity contribution is 5.77. The van der Waals surface area contributed by atoms with Crippen LogP contribution in [0.4, 0.5) is 0 Å². The van der Waals surface area contributed by atoms with E-state index in [0.717, 1.165) is 40.1 Å². The maximum atomic E-state index is 11.4. The van der Waals surface area contributed by atoms with Crippen LogP contribution in [0.5, 0.6) is 5.75 Å². The number of nitrogens with zero attached hydrogens (tertiary/aromatic N) is 3. The van der Waals surface area contributed by atoms with Gasteiger partial charge in [-0.3, -0.25) is 0 Å². The molecule has 9 nitrogen and oxygen atoms in total. The lowest BCUT2D eigenvalue weighted by Gasteiger charge is -2.24. The summed E-state index contributed by atoms with van der Waals surface area (Å²) >= 11 is 0. The van der Waals surface area contributed by atoms with Gasteiger partial charge in [0, 0.05) is 32.0 Å². The van der Waals surface area contributed by atoms with Gasteiger partial charge >= 0.3 is 5.97 Å². The third-order valence-corrected chi connectivity index (χ3v) is 5.80. The molecule has 0 saturated carbocycles. The van der Waals surface area contributed by atoms with Crippen LogP contribution < -0.4 is 10.1 Å². The minimum absolute atomic E-state index is 0.588. The van der Waals surface area contributed by atoms with Gasteiger partial charge in [-0.05, 0) is 63.4 Å². The van der Waals surface area contributed by atoms with Crippen molar-refractivity contribution in [1.29, 1.82) is 0 Å². The van der Waals surface area contributed by atoms with Gasteiger partial charge in [-0.2, -0.15) is 0 Å². The Kier molecular flexibility index (Phi) is 9.41. The van der Waals surface area contributed by atoms with E-state index in [2.05, 4.69) is 20.5 Å². The summed E-state index contributed by atoms with van der Waals surface area (Å²) in [6.07, 6.45) is 0.820. The van der Waals surface area contributed by atoms with Crippen LogP contribution in [-0.4, -0.2) is 31.9 Å². The molecule has 2 heterocycles. The molecule has 0 aliphatic heterocycles. The predicted octanol–water partition coefficient (Wildman–Crippen LogP) is 5.74. The molecule has 2 aromatic heterocycles. The van der Waals surface area contributed by atoms with Gasteiger partial charge in [0.15, 0.2) is 5.60 Å². The SMILES string of the molecule is CCc1nnc(C)o1.Cc1cc(CNCc2nc(-c3ccccc3)oc2C)cc(C)c1OC(C)(C)C(=O)O. The van der Waals surface area contributed by atoms with Gasteiger partial charge in [0.25, 0.3) is 0 Å². The van der Waals surface area contributed by atoms with Crippen molar-refractivity contribution in [3.8, 4) is 17.2 Å². The number of carbonyl (C=O) groups is 1. The second-order valence-electron chi connectivity index (χ2n) is 9.54. The number of aliphatic carboxylic acids is 1. The predicted molar refractivity (Wildman–Crippen MR) is 144 cm³/mol. The molecular weight excluding hydrogens is 484 g/mol. The zero-order chi connectivity index (χ0) is 27.9. The third kappa shape index (κ3) is 7.52. The van der Waals surface area contributed by atoms with E-state index in [1.807, 2.05) is 70.2 Å². The van der Waals surface area contributed by atoms with Crippen molar-refractivity contribution in [1.82, 2.24) is 20.5 Å². The number of rotatable bonds is 9. The fourth-order valence-electron chi connectivity index (χ4n) is 3.70. The monoisotopic (exact) mass is 520 g/mol. The molecule has 0 atom stereocenters. The normalized spacial score (nSPS) is 11.1. The number of hydrogen-bond donors (Lipinski definition) is 2. The Morgan fingerprint density at radius 3 is 2.18 bits per heavy atom. The highest BCUT2D eigenvalue weighted by atomic mass is 16.5. The zero-order valence-electron chi connectivity index (χ0n) is 23.1. The van der Waals surface area contributed by atoms with Crippen LogP contribution in [0.15, 0.2) is 51.3 Å². The maximum absolute atomic E-state index is 11.4. The van der Waals surface area contributed by atoms with Gasteiger partial charge in [-0.25, -0.2) is 9.78 Å². The molecular formula is C29H36N4O5. The van der Waals surface area contributed by atoms with Gasteiger partial charge in [-0.15, -0.1) is 10.2 Å². The van der Waals surface area contributed by atoms with Crippen molar-refractivity contribution in [2.45, 2.75) is 73.6 Å². The average molecular weight is 521 g/mol. The molecule has 0 bridgehead atoms. The molecule has 0 saturated heterocycles. The molecule has 0 aliphatic carbocycles. The molecule has 9 heteroatoms. The quantitative estimate of drug-likeness (QED) is 0.284. The fraction of sp³-hybridized carbons (Fsp3) is 0.379. The van der Waals surface area contributed by atoms with E-state index in [-0.39, 0.29) is 0 Å². The molecule has 0 unspecified atom stereocenters. The summed E-state index contributed by atoms with van der Waals surface area (Å²) in [4.78, 5) is 16.0. The smallest absolute Gasteiger partial charge is 0.347 e. The number of benzene rings is 2. The summed E-state index contributed by atoms with van der Waals surface area (Å²) in [5.74, 6) is 2.40. The molecule has 0 fully saturated rings. The standard InChI is InChI=1S/C24H28N2O4.C5H8N2O/c1-15-11-18(12-16(2)21(15)30-24(4,5)23(27)28)13-25-14-20-17(3)29-22(26-20)19-9-7-6-8-10-19;1-3-5-7-6-4(2)8-5/h6-12,25H,13-14H2,1-5H3,(H,27,28);3H2,1-2H3. The van der Waals surface area contributed by atoms with E-state index < -0.39 is 11.6 Å². The largest absolute Gasteiger partial charge is 0.478 e. The van der Waals surface area contributed by atoms with Crippen LogP contribution >= 0.6 is 0 Å². The molecule has 202 valence electrons. The van der Waals surface area contributed by atoms with Crippen LogP contribution in [0.25, 0.3) is 11.5 Å². The first kappa shape index (κ1) is 28.6. The minimum Gasteiger partial charge on any atom is -0.478 e. The third-order valence-electron chi connectivity index (χ3n) is 5.80. The van der Waals surface area contributed by atoms with Crippen LogP contribution in [0, 0.1) is 27.7 Å². The van der Waals surface area contributed by atoms with E-state index in [0.29, 0.717) is 36.5 Å². The van der Waals surface area contributed by atoms with Gasteiger partial charge in [0.2, 0.25) is 17.7 Å². The Labute approximate surface area is 223 Å². The summed E-state index contributed by atoms with van der Waals surface area (Å²) < 4.78 is 16.6. The van der Waals surface area contributed by atoms with Crippen LogP contribution in [-0.2, 0) is 24.3 Å². The molecule has 0 radical (unpaired) electrons. The number of aryl methyl sites for hydroxylation is 5. The number of carboxylic acid groups (broad SMARTS) is 1. The molecule has 0 spiro atoms. The molecule has 4 aromatic rings. The molecule has 4 rings (SSSR count). The minimum atomic E-state index is -1.28. The van der Waals surface area contributed by atoms with E-state index in [1.54, 1.807) is 20.8 Å². The average Bonchev–Trinajstić information content (AvgIpc) is 3.47. The lowest BCUT2D eigenvalue weighted by Crippen LogP contribution is -2.38. The van der Waals surface area contributed by atoms with Gasteiger partial charge < -0.3 is 24.0 Å². The first-order valence-electron chi connectivity index (χ1n) is 12.5. The van der Waals surface area contributed by atoms with E-state index in [9.17, 15) is 9.90 Å². The Morgan fingerprint density at radius 1 is 1.00 bits per heavy atom. The lowest BCUT2D eigenvalue weighted by molar-refractivity contribution is -0.152. The summed E-state index contributed by atoms with van der Waals surface area (Å²) in [5.41, 5.74) is 3.46. The van der Waals surface area contributed by atoms with Crippen molar-refractivity contribution < 1.29 is 23.5 Å². The number of hydrogen-bond acceptors (Lipinski definition) is 8. The second kappa shape index (κ2) is 12.5. The first-order valence-corrected chi connectivity index (χ1v) is 12.5. The number of carboxylic acids is 1. The maximum Gasteiger partial charge on any atom is 0.347 e. The Morgan fingerprint density at radius 2 is 1.66 bits per heavy atom. The topological polar surface area (TPSA) is 124 Å². The van der Waals surface area contributed by atoms with E-state index in [4.69, 9.17) is 13.6 Å². The number of nitrogens with one attached hydrogen (secondary N) is 1. The Hall–Kier alpha value is -3.98. The summed E-state index contributed by atoms with van der Waals surface area (Å²) in [6, 6.07) is 13.9.